The van der Waals surface area contributed by atoms with Gasteiger partial charge in [-0.05, 0) is 61.7 Å². The van der Waals surface area contributed by atoms with Crippen molar-refractivity contribution in [2.45, 2.75) is 117 Å². The van der Waals surface area contributed by atoms with E-state index in [1.165, 1.54) is 89.9 Å². The Morgan fingerprint density at radius 2 is 1.21 bits per heavy atom. The lowest BCUT2D eigenvalue weighted by Gasteiger charge is -2.08. The van der Waals surface area contributed by atoms with Crippen LogP contribution in [0.25, 0.3) is 0 Å². The Kier molecular flexibility index (Phi) is 17.5. The third kappa shape index (κ3) is 15.4. The molecule has 0 atom stereocenters. The number of carbonyl (C=O) groups excluding carboxylic acids is 2. The van der Waals surface area contributed by atoms with Gasteiger partial charge in [0.2, 0.25) is 0 Å². The number of carbonyl (C=O) groups is 2. The van der Waals surface area contributed by atoms with Gasteiger partial charge in [-0.2, -0.15) is 0 Å². The maximum atomic E-state index is 12.2. The Morgan fingerprint density at radius 3 is 1.74 bits per heavy atom. The zero-order valence-electron chi connectivity index (χ0n) is 24.5. The first kappa shape index (κ1) is 32.4. The number of benzene rings is 2. The molecule has 2 aromatic carbocycles. The van der Waals surface area contributed by atoms with Crippen molar-refractivity contribution in [2.75, 3.05) is 18.5 Å². The van der Waals surface area contributed by atoms with Crippen molar-refractivity contribution in [3.8, 4) is 5.75 Å². The molecule has 2 rings (SSSR count). The summed E-state index contributed by atoms with van der Waals surface area (Å²) in [6.45, 7) is 5.37. The fourth-order valence-electron chi connectivity index (χ4n) is 4.64. The van der Waals surface area contributed by atoms with Gasteiger partial charge in [0.25, 0.3) is 0 Å². The minimum Gasteiger partial charge on any atom is -0.462 e. The normalized spacial score (nSPS) is 10.8. The van der Waals surface area contributed by atoms with Gasteiger partial charge in [-0.3, -0.25) is 4.79 Å². The molecule has 0 fully saturated rings. The Bertz CT molecular complexity index is 908. The van der Waals surface area contributed by atoms with Crippen LogP contribution in [0.3, 0.4) is 0 Å². The summed E-state index contributed by atoms with van der Waals surface area (Å²) in [5.41, 5.74) is 2.67. The molecule has 0 amide bonds. The van der Waals surface area contributed by atoms with E-state index >= 15 is 0 Å². The molecule has 0 saturated heterocycles. The zero-order valence-corrected chi connectivity index (χ0v) is 24.5. The van der Waals surface area contributed by atoms with Crippen LogP contribution in [0.2, 0.25) is 0 Å². The minimum atomic E-state index is -0.382. The molecule has 2 aromatic rings. The monoisotopic (exact) mass is 537 g/mol. The third-order valence-corrected chi connectivity index (χ3v) is 7.03. The summed E-state index contributed by atoms with van der Waals surface area (Å²) in [6, 6.07) is 14.7. The van der Waals surface area contributed by atoms with Crippen LogP contribution in [0.1, 0.15) is 126 Å². The number of nitrogens with one attached hydrogen (secondary N) is 1. The van der Waals surface area contributed by atoms with Crippen LogP contribution in [-0.4, -0.2) is 25.1 Å². The van der Waals surface area contributed by atoms with Gasteiger partial charge in [0.15, 0.2) is 0 Å². The van der Waals surface area contributed by atoms with E-state index in [4.69, 9.17) is 9.47 Å². The molecule has 5 heteroatoms. The fraction of sp³-hybridized carbons (Fsp3) is 0.588. The van der Waals surface area contributed by atoms with Crippen molar-refractivity contribution in [1.29, 1.82) is 0 Å². The largest absolute Gasteiger partial charge is 0.462 e. The van der Waals surface area contributed by atoms with Gasteiger partial charge >= 0.3 is 11.9 Å². The molecule has 0 aliphatic heterocycles. The number of ether oxygens (including phenoxy) is 2. The number of rotatable bonds is 22. The fourth-order valence-corrected chi connectivity index (χ4v) is 4.64. The predicted molar refractivity (Wildman–Crippen MR) is 162 cm³/mol. The Morgan fingerprint density at radius 1 is 0.667 bits per heavy atom. The molecule has 1 N–H and O–H groups in total. The van der Waals surface area contributed by atoms with Gasteiger partial charge in [-0.25, -0.2) is 4.79 Å². The topological polar surface area (TPSA) is 64.6 Å². The molecule has 0 bridgehead atoms. The van der Waals surface area contributed by atoms with E-state index in [0.717, 1.165) is 17.8 Å². The van der Waals surface area contributed by atoms with E-state index < -0.39 is 0 Å². The molecular formula is C34H51NO4. The molecule has 216 valence electrons. The Balaban J connectivity index is 1.47. The summed E-state index contributed by atoms with van der Waals surface area (Å²) in [4.78, 5) is 23.9. The maximum absolute atomic E-state index is 12.2. The van der Waals surface area contributed by atoms with E-state index in [0.29, 0.717) is 30.8 Å². The van der Waals surface area contributed by atoms with E-state index in [1.54, 1.807) is 31.2 Å². The van der Waals surface area contributed by atoms with E-state index in [2.05, 4.69) is 36.5 Å². The number of aryl methyl sites for hydroxylation is 1. The van der Waals surface area contributed by atoms with Crippen molar-refractivity contribution in [3.63, 3.8) is 0 Å². The second-order valence-corrected chi connectivity index (χ2v) is 10.4. The van der Waals surface area contributed by atoms with Crippen LogP contribution in [-0.2, 0) is 16.0 Å². The summed E-state index contributed by atoms with van der Waals surface area (Å²) in [5.74, 6) is -0.247. The van der Waals surface area contributed by atoms with Crippen LogP contribution in [0, 0.1) is 0 Å². The smallest absolute Gasteiger partial charge is 0.338 e. The highest BCUT2D eigenvalue weighted by molar-refractivity contribution is 5.89. The molecular weight excluding hydrogens is 486 g/mol. The number of hydrogen-bond donors (Lipinski definition) is 1. The van der Waals surface area contributed by atoms with Crippen LogP contribution in [0.15, 0.2) is 48.5 Å². The van der Waals surface area contributed by atoms with Crippen molar-refractivity contribution in [3.05, 3.63) is 59.7 Å². The summed E-state index contributed by atoms with van der Waals surface area (Å²) < 4.78 is 10.3. The van der Waals surface area contributed by atoms with Gasteiger partial charge in [0, 0.05) is 18.7 Å². The van der Waals surface area contributed by atoms with Crippen LogP contribution in [0.5, 0.6) is 5.75 Å². The molecule has 0 aliphatic carbocycles. The Labute approximate surface area is 237 Å². The first-order chi connectivity index (χ1) is 19.1. The number of anilines is 1. The van der Waals surface area contributed by atoms with Crippen molar-refractivity contribution < 1.29 is 19.1 Å². The molecule has 0 aliphatic rings. The lowest BCUT2D eigenvalue weighted by atomic mass is 10.0. The molecule has 0 heterocycles. The molecule has 0 saturated carbocycles. The van der Waals surface area contributed by atoms with Crippen molar-refractivity contribution in [1.82, 2.24) is 0 Å². The summed E-state index contributed by atoms with van der Waals surface area (Å²) in [6.07, 6.45) is 20.2. The first-order valence-corrected chi connectivity index (χ1v) is 15.4. The Hall–Kier alpha value is -2.82. The number of esters is 2. The molecule has 0 spiro atoms. The summed E-state index contributed by atoms with van der Waals surface area (Å²) >= 11 is 0. The van der Waals surface area contributed by atoms with E-state index in [-0.39, 0.29) is 11.9 Å². The second kappa shape index (κ2) is 21.1. The van der Waals surface area contributed by atoms with Crippen molar-refractivity contribution in [2.24, 2.45) is 0 Å². The van der Waals surface area contributed by atoms with E-state index in [1.807, 2.05) is 0 Å². The standard InChI is InChI=1S/C34H51NO4/c1-3-5-6-7-8-9-10-11-12-13-14-15-16-17-28-35-31-23-18-29(19-24-31)20-27-33(36)39-32-25-21-30(22-26-32)34(37)38-4-2/h18-19,21-26,35H,3-17,20,27-28H2,1-2H3. The average Bonchev–Trinajstić information content (AvgIpc) is 2.95. The van der Waals surface area contributed by atoms with Crippen molar-refractivity contribution >= 4 is 17.6 Å². The van der Waals surface area contributed by atoms with Crippen LogP contribution < -0.4 is 10.1 Å². The lowest BCUT2D eigenvalue weighted by molar-refractivity contribution is -0.134. The van der Waals surface area contributed by atoms with Gasteiger partial charge in [-0.1, -0.05) is 103 Å². The summed E-state index contributed by atoms with van der Waals surface area (Å²) in [7, 11) is 0. The first-order valence-electron chi connectivity index (χ1n) is 15.4. The third-order valence-electron chi connectivity index (χ3n) is 7.03. The van der Waals surface area contributed by atoms with Gasteiger partial charge in [0.05, 0.1) is 12.2 Å². The highest BCUT2D eigenvalue weighted by Gasteiger charge is 2.09. The maximum Gasteiger partial charge on any atom is 0.338 e. The van der Waals surface area contributed by atoms with Gasteiger partial charge < -0.3 is 14.8 Å². The van der Waals surface area contributed by atoms with Crippen LogP contribution >= 0.6 is 0 Å². The number of hydrogen-bond acceptors (Lipinski definition) is 5. The highest BCUT2D eigenvalue weighted by Crippen LogP contribution is 2.16. The predicted octanol–water partition coefficient (Wildman–Crippen LogP) is 9.29. The quantitative estimate of drug-likeness (QED) is 0.0921. The molecule has 0 aromatic heterocycles. The lowest BCUT2D eigenvalue weighted by Crippen LogP contribution is -2.09. The van der Waals surface area contributed by atoms with E-state index in [9.17, 15) is 9.59 Å². The average molecular weight is 538 g/mol. The van der Waals surface area contributed by atoms with Gasteiger partial charge in [0.1, 0.15) is 5.75 Å². The highest BCUT2D eigenvalue weighted by atomic mass is 16.5. The van der Waals surface area contributed by atoms with Crippen LogP contribution in [0.4, 0.5) is 5.69 Å². The molecule has 39 heavy (non-hydrogen) atoms. The summed E-state index contributed by atoms with van der Waals surface area (Å²) in [5, 5.41) is 3.51. The zero-order chi connectivity index (χ0) is 28.0. The molecule has 0 unspecified atom stereocenters. The van der Waals surface area contributed by atoms with Gasteiger partial charge in [-0.15, -0.1) is 0 Å². The second-order valence-electron chi connectivity index (χ2n) is 10.4. The minimum absolute atomic E-state index is 0.293. The molecule has 5 nitrogen and oxygen atoms in total. The number of unbranched alkanes of at least 4 members (excludes halogenated alkanes) is 13. The molecule has 0 radical (unpaired) electrons. The SMILES string of the molecule is CCCCCCCCCCCCCCCCNc1ccc(CCC(=O)Oc2ccc(C(=O)OCC)cc2)cc1.